The molecule has 2 N–H and O–H groups in total. The van der Waals surface area contributed by atoms with Crippen LogP contribution in [-0.4, -0.2) is 33.1 Å². The quantitative estimate of drug-likeness (QED) is 0.542. The van der Waals surface area contributed by atoms with Crippen molar-refractivity contribution in [3.63, 3.8) is 0 Å². The molecule has 1 fully saturated rings. The topological polar surface area (TPSA) is 79.8 Å². The van der Waals surface area contributed by atoms with E-state index in [1.54, 1.807) is 7.05 Å². The monoisotopic (exact) mass is 242 g/mol. The molecule has 0 amide bonds. The Morgan fingerprint density at radius 3 is 3.06 bits per heavy atom. The Balaban J connectivity index is 2.06. The number of rotatable bonds is 3. The largest absolute Gasteiger partial charge is 0.339 e. The minimum atomic E-state index is -0.722. The summed E-state index contributed by atoms with van der Waals surface area (Å²) in [7, 11) is 1.68. The Hall–Kier alpha value is -1.08. The number of nitrogens with one attached hydrogen (secondary N) is 2. The van der Waals surface area contributed by atoms with Crippen molar-refractivity contribution in [3.8, 4) is 0 Å². The number of H-pyrrole nitrogens is 1. The molecule has 1 saturated heterocycles. The highest BCUT2D eigenvalue weighted by Crippen LogP contribution is 2.17. The second kappa shape index (κ2) is 4.84. The lowest BCUT2D eigenvalue weighted by atomic mass is 10.3. The van der Waals surface area contributed by atoms with Crippen molar-refractivity contribution < 1.29 is 0 Å². The van der Waals surface area contributed by atoms with Crippen molar-refractivity contribution >= 4 is 11.8 Å². The first-order valence-electron chi connectivity index (χ1n) is 5.20. The van der Waals surface area contributed by atoms with E-state index in [0.29, 0.717) is 11.2 Å². The summed E-state index contributed by atoms with van der Waals surface area (Å²) in [6.07, 6.45) is 2.35. The molecule has 1 atom stereocenters. The van der Waals surface area contributed by atoms with Gasteiger partial charge in [-0.2, -0.15) is 4.98 Å². The minimum Gasteiger partial charge on any atom is -0.313 e. The molecular formula is C9H14N4O2S. The molecule has 2 heterocycles. The van der Waals surface area contributed by atoms with Gasteiger partial charge in [-0.15, -0.1) is 0 Å². The smallest absolute Gasteiger partial charge is 0.313 e. The van der Waals surface area contributed by atoms with Crippen molar-refractivity contribution in [1.29, 1.82) is 0 Å². The van der Waals surface area contributed by atoms with Crippen LogP contribution < -0.4 is 16.4 Å². The SMILES string of the molecule is Cn1[nH]c(=O)c(=O)nc1SC[C@H]1CCCN1. The van der Waals surface area contributed by atoms with Crippen LogP contribution in [0.5, 0.6) is 0 Å². The highest BCUT2D eigenvalue weighted by molar-refractivity contribution is 7.99. The van der Waals surface area contributed by atoms with Gasteiger partial charge in [0, 0.05) is 18.8 Å². The maximum absolute atomic E-state index is 11.1. The molecule has 1 aliphatic heterocycles. The zero-order chi connectivity index (χ0) is 11.5. The van der Waals surface area contributed by atoms with Gasteiger partial charge in [-0.3, -0.25) is 19.4 Å². The Labute approximate surface area is 96.4 Å². The Bertz CT molecular complexity index is 475. The van der Waals surface area contributed by atoms with Crippen molar-refractivity contribution in [2.45, 2.75) is 24.0 Å². The third-order valence-electron chi connectivity index (χ3n) is 2.52. The van der Waals surface area contributed by atoms with Gasteiger partial charge in [0.15, 0.2) is 5.16 Å². The lowest BCUT2D eigenvalue weighted by Gasteiger charge is -2.10. The third kappa shape index (κ3) is 2.53. The van der Waals surface area contributed by atoms with Crippen LogP contribution in [0, 0.1) is 0 Å². The molecule has 0 bridgehead atoms. The molecule has 1 aliphatic rings. The van der Waals surface area contributed by atoms with Gasteiger partial charge in [0.05, 0.1) is 0 Å². The lowest BCUT2D eigenvalue weighted by Crippen LogP contribution is -2.34. The standard InChI is InChI=1S/C9H14N4O2S/c1-13-9(11-7(14)8(15)12-13)16-5-6-3-2-4-10-6/h6,10H,2-5H2,1H3,(H,12,15)/t6-/m1/s1. The molecule has 1 aromatic heterocycles. The van der Waals surface area contributed by atoms with Gasteiger partial charge >= 0.3 is 11.1 Å². The van der Waals surface area contributed by atoms with Gasteiger partial charge in [-0.25, -0.2) is 0 Å². The van der Waals surface area contributed by atoms with E-state index in [4.69, 9.17) is 0 Å². The predicted molar refractivity (Wildman–Crippen MR) is 61.8 cm³/mol. The van der Waals surface area contributed by atoms with E-state index in [1.165, 1.54) is 22.9 Å². The van der Waals surface area contributed by atoms with Gasteiger partial charge < -0.3 is 5.32 Å². The molecule has 0 aliphatic carbocycles. The summed E-state index contributed by atoms with van der Waals surface area (Å²) in [6.45, 7) is 1.06. The van der Waals surface area contributed by atoms with Crippen LogP contribution in [0.1, 0.15) is 12.8 Å². The second-order valence-electron chi connectivity index (χ2n) is 3.80. The summed E-state index contributed by atoms with van der Waals surface area (Å²) in [6, 6.07) is 0.480. The van der Waals surface area contributed by atoms with Gasteiger partial charge in [-0.05, 0) is 19.4 Å². The first-order valence-corrected chi connectivity index (χ1v) is 6.19. The van der Waals surface area contributed by atoms with Crippen LogP contribution in [0.15, 0.2) is 14.7 Å². The van der Waals surface area contributed by atoms with Gasteiger partial charge in [0.25, 0.3) is 0 Å². The van der Waals surface area contributed by atoms with Crippen LogP contribution in [0.2, 0.25) is 0 Å². The summed E-state index contributed by atoms with van der Waals surface area (Å²) >= 11 is 1.49. The fraction of sp³-hybridized carbons (Fsp3) is 0.667. The average molecular weight is 242 g/mol. The number of aromatic amines is 1. The fourth-order valence-electron chi connectivity index (χ4n) is 1.66. The zero-order valence-corrected chi connectivity index (χ0v) is 9.84. The Morgan fingerprint density at radius 1 is 1.56 bits per heavy atom. The maximum atomic E-state index is 11.1. The fourth-order valence-corrected chi connectivity index (χ4v) is 2.69. The highest BCUT2D eigenvalue weighted by Gasteiger charge is 2.15. The van der Waals surface area contributed by atoms with E-state index in [2.05, 4.69) is 15.4 Å². The van der Waals surface area contributed by atoms with E-state index >= 15 is 0 Å². The number of nitrogens with zero attached hydrogens (tertiary/aromatic N) is 2. The van der Waals surface area contributed by atoms with Crippen molar-refractivity contribution in [1.82, 2.24) is 20.1 Å². The van der Waals surface area contributed by atoms with Gasteiger partial charge in [0.2, 0.25) is 0 Å². The maximum Gasteiger partial charge on any atom is 0.339 e. The Kier molecular flexibility index (Phi) is 3.45. The van der Waals surface area contributed by atoms with Crippen molar-refractivity contribution in [2.24, 2.45) is 7.05 Å². The van der Waals surface area contributed by atoms with E-state index in [0.717, 1.165) is 18.7 Å². The molecular weight excluding hydrogens is 228 g/mol. The lowest BCUT2D eigenvalue weighted by molar-refractivity contribution is 0.593. The molecule has 0 aromatic carbocycles. The van der Waals surface area contributed by atoms with Crippen LogP contribution in [-0.2, 0) is 7.05 Å². The first kappa shape index (κ1) is 11.4. The number of aryl methyl sites for hydroxylation is 1. The van der Waals surface area contributed by atoms with Crippen LogP contribution >= 0.6 is 11.8 Å². The highest BCUT2D eigenvalue weighted by atomic mass is 32.2. The van der Waals surface area contributed by atoms with Gasteiger partial charge in [0.1, 0.15) is 0 Å². The summed E-state index contributed by atoms with van der Waals surface area (Å²) in [5.74, 6) is 0.867. The van der Waals surface area contributed by atoms with Crippen LogP contribution in [0.4, 0.5) is 0 Å². The first-order chi connectivity index (χ1) is 7.66. The number of thioether (sulfide) groups is 1. The zero-order valence-electron chi connectivity index (χ0n) is 9.02. The summed E-state index contributed by atoms with van der Waals surface area (Å²) in [5.41, 5.74) is -1.40. The average Bonchev–Trinajstić information content (AvgIpc) is 2.74. The number of hydrogen-bond acceptors (Lipinski definition) is 5. The van der Waals surface area contributed by atoms with Gasteiger partial charge in [-0.1, -0.05) is 11.8 Å². The molecule has 1 aromatic rings. The summed E-state index contributed by atoms with van der Waals surface area (Å²) < 4.78 is 1.49. The van der Waals surface area contributed by atoms with Crippen molar-refractivity contribution in [2.75, 3.05) is 12.3 Å². The second-order valence-corrected chi connectivity index (χ2v) is 4.79. The third-order valence-corrected chi connectivity index (χ3v) is 3.72. The molecule has 0 spiro atoms. The molecule has 16 heavy (non-hydrogen) atoms. The number of aromatic nitrogens is 3. The molecule has 2 rings (SSSR count). The molecule has 6 nitrogen and oxygen atoms in total. The molecule has 7 heteroatoms. The van der Waals surface area contributed by atoms with E-state index in [9.17, 15) is 9.59 Å². The van der Waals surface area contributed by atoms with Crippen molar-refractivity contribution in [3.05, 3.63) is 20.7 Å². The van der Waals surface area contributed by atoms with E-state index in [1.807, 2.05) is 0 Å². The normalized spacial score (nSPS) is 20.2. The Morgan fingerprint density at radius 2 is 2.38 bits per heavy atom. The minimum absolute atomic E-state index is 0.480. The summed E-state index contributed by atoms with van der Waals surface area (Å²) in [5, 5.41) is 6.35. The molecule has 0 saturated carbocycles. The molecule has 0 unspecified atom stereocenters. The predicted octanol–water partition coefficient (Wildman–Crippen LogP) is -0.687. The molecule has 88 valence electrons. The van der Waals surface area contributed by atoms with E-state index < -0.39 is 11.1 Å². The van der Waals surface area contributed by atoms with Crippen LogP contribution in [0.25, 0.3) is 0 Å². The summed E-state index contributed by atoms with van der Waals surface area (Å²) in [4.78, 5) is 25.8. The molecule has 0 radical (unpaired) electrons. The van der Waals surface area contributed by atoms with Crippen LogP contribution in [0.3, 0.4) is 0 Å². The number of hydrogen-bond donors (Lipinski definition) is 2. The van der Waals surface area contributed by atoms with E-state index in [-0.39, 0.29) is 0 Å².